The van der Waals surface area contributed by atoms with Crippen molar-refractivity contribution in [2.45, 2.75) is 79.1 Å². The minimum absolute atomic E-state index is 0.00601. The van der Waals surface area contributed by atoms with Crippen LogP contribution in [0.25, 0.3) is 21.5 Å². The molecule has 1 aliphatic rings. The van der Waals surface area contributed by atoms with Crippen molar-refractivity contribution in [1.82, 2.24) is 0 Å². The lowest BCUT2D eigenvalue weighted by molar-refractivity contribution is 0.0946. The van der Waals surface area contributed by atoms with E-state index in [0.717, 1.165) is 25.7 Å². The maximum Gasteiger partial charge on any atom is 0.513 e. The number of aromatic hydroxyl groups is 2. The highest BCUT2D eigenvalue weighted by Crippen LogP contribution is 2.50. The van der Waals surface area contributed by atoms with Crippen LogP contribution < -0.4 is 18.9 Å². The fourth-order valence-corrected chi connectivity index (χ4v) is 5.87. The van der Waals surface area contributed by atoms with Crippen molar-refractivity contribution in [3.05, 3.63) is 57.3 Å². The van der Waals surface area contributed by atoms with Crippen LogP contribution >= 0.6 is 0 Å². The molecule has 54 heavy (non-hydrogen) atoms. The van der Waals surface area contributed by atoms with Gasteiger partial charge in [-0.05, 0) is 37.8 Å². The summed E-state index contributed by atoms with van der Waals surface area (Å²) in [4.78, 5) is 52.8. The van der Waals surface area contributed by atoms with Gasteiger partial charge in [-0.15, -0.1) is 0 Å². The summed E-state index contributed by atoms with van der Waals surface area (Å²) in [6.45, 7) is 7.87. The van der Waals surface area contributed by atoms with E-state index in [0.29, 0.717) is 25.7 Å². The molecule has 14 nitrogen and oxygen atoms in total. The van der Waals surface area contributed by atoms with Gasteiger partial charge < -0.3 is 48.1 Å². The number of hydrogen-bond donors (Lipinski definition) is 2. The molecule has 0 fully saturated rings. The Morgan fingerprint density at radius 3 is 1.02 bits per heavy atom. The van der Waals surface area contributed by atoms with Gasteiger partial charge in [0, 0.05) is 31.6 Å². The second kappa shape index (κ2) is 18.2. The quantitative estimate of drug-likeness (QED) is 0.0421. The van der Waals surface area contributed by atoms with Crippen LogP contribution in [0.4, 0.5) is 19.2 Å². The van der Waals surface area contributed by atoms with Crippen molar-refractivity contribution in [2.75, 3.05) is 26.4 Å². The van der Waals surface area contributed by atoms with Crippen LogP contribution in [0.1, 0.15) is 79.1 Å². The number of carbonyl (C=O) groups is 4. The van der Waals surface area contributed by atoms with Crippen molar-refractivity contribution >= 4 is 46.2 Å². The van der Waals surface area contributed by atoms with Gasteiger partial charge in [-0.25, -0.2) is 19.2 Å². The first-order chi connectivity index (χ1) is 26.2. The SMILES string of the molecule is CCCCOC(=O)Oc1c2c(c(OC(=O)OCCCC)c3c(O)cccc13)=c1c(OC(=O)OCCCC)c3c(O)cccc3c(OC(=O)OCCCC)c1=2. The minimum atomic E-state index is -1.11. The molecule has 5 rings (SSSR count). The number of hydrogen-bond acceptors (Lipinski definition) is 14. The molecule has 0 amide bonds. The predicted octanol–water partition coefficient (Wildman–Crippen LogP) is 9.55. The fraction of sp³-hybridized carbons (Fsp3) is 0.400. The van der Waals surface area contributed by atoms with Gasteiger partial charge >= 0.3 is 24.6 Å². The molecule has 0 saturated carbocycles. The van der Waals surface area contributed by atoms with Gasteiger partial charge in [0.15, 0.2) is 23.0 Å². The van der Waals surface area contributed by atoms with Crippen molar-refractivity contribution in [2.24, 2.45) is 0 Å². The number of phenolic OH excluding ortho intramolecular Hbond substituents is 2. The van der Waals surface area contributed by atoms with E-state index >= 15 is 0 Å². The van der Waals surface area contributed by atoms with E-state index < -0.39 is 24.6 Å². The molecule has 0 radical (unpaired) electrons. The molecule has 0 unspecified atom stereocenters. The number of phenols is 2. The number of unbranched alkanes of at least 4 members (excludes halogenated alkanes) is 4. The molecule has 0 atom stereocenters. The summed E-state index contributed by atoms with van der Waals surface area (Å²) < 4.78 is 44.6. The molecular formula is C40H44O14. The maximum atomic E-state index is 13.2. The second-order valence-electron chi connectivity index (χ2n) is 12.4. The third kappa shape index (κ3) is 8.32. The Kier molecular flexibility index (Phi) is 13.3. The van der Waals surface area contributed by atoms with Crippen LogP contribution in [-0.2, 0) is 18.9 Å². The van der Waals surface area contributed by atoms with Gasteiger partial charge in [0.05, 0.1) is 37.2 Å². The van der Waals surface area contributed by atoms with Crippen LogP contribution in [0, 0.1) is 20.9 Å². The summed E-state index contributed by atoms with van der Waals surface area (Å²) >= 11 is 0. The largest absolute Gasteiger partial charge is 0.513 e. The minimum Gasteiger partial charge on any atom is -0.507 e. The van der Waals surface area contributed by atoms with Crippen LogP contribution in [0.15, 0.2) is 36.4 Å². The maximum absolute atomic E-state index is 13.2. The molecular weight excluding hydrogens is 704 g/mol. The Morgan fingerprint density at radius 2 is 0.722 bits per heavy atom. The third-order valence-electron chi connectivity index (χ3n) is 8.55. The number of carbonyl (C=O) groups excluding carboxylic acids is 4. The number of ether oxygens (including phenoxy) is 8. The standard InChI is InChI=1S/C40H44O14/c1-5-9-19-47-37(43)51-33-23-15-13-17-25(41)27(23)35(53-39(45)49-21-11-7-3)31-29(33)30-32(31)36(54-40(46)50-22-12-8-4)28-24(16-14-18-26(28)42)34(30)52-38(44)48-20-10-6-2/h13-18,41-42H,5-12,19-22H2,1-4H3. The highest BCUT2D eigenvalue weighted by atomic mass is 16.7. The highest BCUT2D eigenvalue weighted by molar-refractivity contribution is 6.03. The Labute approximate surface area is 310 Å². The van der Waals surface area contributed by atoms with Gasteiger partial charge in [0.2, 0.25) is 0 Å². The van der Waals surface area contributed by atoms with E-state index in [-0.39, 0.29) is 103 Å². The molecule has 2 N–H and O–H groups in total. The van der Waals surface area contributed by atoms with Crippen molar-refractivity contribution in [3.63, 3.8) is 0 Å². The lowest BCUT2D eigenvalue weighted by Gasteiger charge is -2.22. The average molecular weight is 749 g/mol. The first-order valence-electron chi connectivity index (χ1n) is 18.2. The molecule has 0 spiro atoms. The Bertz CT molecular complexity index is 2090. The first kappa shape index (κ1) is 39.3. The average Bonchev–Trinajstić information content (AvgIpc) is 3.12. The fourth-order valence-electron chi connectivity index (χ4n) is 5.87. The van der Waals surface area contributed by atoms with Gasteiger partial charge in [-0.2, -0.15) is 0 Å². The Morgan fingerprint density at radius 1 is 0.444 bits per heavy atom. The highest BCUT2D eigenvalue weighted by Gasteiger charge is 2.32. The summed E-state index contributed by atoms with van der Waals surface area (Å²) in [5.41, 5.74) is 0. The van der Waals surface area contributed by atoms with Gasteiger partial charge in [0.25, 0.3) is 0 Å². The van der Waals surface area contributed by atoms with E-state index in [1.54, 1.807) is 0 Å². The lowest BCUT2D eigenvalue weighted by Crippen LogP contribution is -2.18. The third-order valence-corrected chi connectivity index (χ3v) is 8.55. The summed E-state index contributed by atoms with van der Waals surface area (Å²) in [5, 5.41) is 22.8. The molecule has 0 bridgehead atoms. The zero-order valence-electron chi connectivity index (χ0n) is 30.7. The van der Waals surface area contributed by atoms with Crippen LogP contribution in [0.2, 0.25) is 0 Å². The number of fused-ring (bicyclic) bond motifs is 4. The zero-order valence-corrected chi connectivity index (χ0v) is 30.7. The molecule has 4 aromatic rings. The second-order valence-corrected chi connectivity index (χ2v) is 12.4. The van der Waals surface area contributed by atoms with E-state index in [4.69, 9.17) is 37.9 Å². The van der Waals surface area contributed by atoms with Crippen LogP contribution in [0.5, 0.6) is 34.5 Å². The van der Waals surface area contributed by atoms with E-state index in [2.05, 4.69) is 0 Å². The van der Waals surface area contributed by atoms with Crippen LogP contribution in [-0.4, -0.2) is 61.3 Å². The van der Waals surface area contributed by atoms with E-state index in [1.807, 2.05) is 27.7 Å². The van der Waals surface area contributed by atoms with Crippen molar-refractivity contribution in [1.29, 1.82) is 0 Å². The molecule has 0 saturated heterocycles. The molecule has 0 aliphatic heterocycles. The summed E-state index contributed by atoms with van der Waals surface area (Å²) in [6, 6.07) is 8.69. The van der Waals surface area contributed by atoms with Gasteiger partial charge in [0.1, 0.15) is 11.5 Å². The van der Waals surface area contributed by atoms with Crippen LogP contribution in [0.3, 0.4) is 0 Å². The molecule has 14 heteroatoms. The smallest absolute Gasteiger partial charge is 0.507 e. The Balaban J connectivity index is 1.94. The number of benzene rings is 4. The lowest BCUT2D eigenvalue weighted by atomic mass is 9.91. The monoisotopic (exact) mass is 748 g/mol. The van der Waals surface area contributed by atoms with E-state index in [9.17, 15) is 29.4 Å². The Hall–Kier alpha value is -5.92. The van der Waals surface area contributed by atoms with E-state index in [1.165, 1.54) is 36.4 Å². The molecule has 1 aliphatic carbocycles. The molecule has 288 valence electrons. The summed E-state index contributed by atoms with van der Waals surface area (Å²) in [7, 11) is 0. The normalized spacial score (nSPS) is 11.2. The predicted molar refractivity (Wildman–Crippen MR) is 194 cm³/mol. The summed E-state index contributed by atoms with van der Waals surface area (Å²) in [5.74, 6) is -1.56. The van der Waals surface area contributed by atoms with Gasteiger partial charge in [-0.3, -0.25) is 0 Å². The van der Waals surface area contributed by atoms with Crippen molar-refractivity contribution in [3.8, 4) is 34.5 Å². The number of rotatable bonds is 16. The topological polar surface area (TPSA) is 183 Å². The first-order valence-corrected chi connectivity index (χ1v) is 18.2. The molecule has 0 heterocycles. The summed E-state index contributed by atoms with van der Waals surface area (Å²) in [6.07, 6.45) is 0.790. The molecule has 4 aromatic carbocycles. The van der Waals surface area contributed by atoms with Gasteiger partial charge in [-0.1, -0.05) is 77.6 Å². The zero-order chi connectivity index (χ0) is 38.8. The van der Waals surface area contributed by atoms with Crippen molar-refractivity contribution < 1.29 is 67.3 Å². The molecule has 0 aromatic heterocycles.